The Hall–Kier alpha value is -0.900. The molecule has 0 fully saturated rings. The Bertz CT molecular complexity index is 312. The van der Waals surface area contributed by atoms with Crippen molar-refractivity contribution in [2.75, 3.05) is 6.61 Å². The molecule has 0 saturated carbocycles. The summed E-state index contributed by atoms with van der Waals surface area (Å²) in [6, 6.07) is 5.15. The molecule has 3 heteroatoms. The number of nitrogens with two attached hydrogens (primary N) is 1. The summed E-state index contributed by atoms with van der Waals surface area (Å²) in [5, 5.41) is 18.6. The van der Waals surface area contributed by atoms with Crippen LogP contribution in [0.25, 0.3) is 0 Å². The van der Waals surface area contributed by atoms with Crippen molar-refractivity contribution in [3.8, 4) is 0 Å². The SMILES string of the molecule is Cc1ccc(C(O)C(N)CO)c(C)c1. The van der Waals surface area contributed by atoms with Gasteiger partial charge in [-0.3, -0.25) is 0 Å². The van der Waals surface area contributed by atoms with Crippen LogP contribution in [0.2, 0.25) is 0 Å². The molecular weight excluding hydrogens is 178 g/mol. The maximum absolute atomic E-state index is 9.78. The van der Waals surface area contributed by atoms with E-state index < -0.39 is 12.1 Å². The van der Waals surface area contributed by atoms with Crippen molar-refractivity contribution in [2.24, 2.45) is 5.73 Å². The van der Waals surface area contributed by atoms with E-state index in [0.29, 0.717) is 0 Å². The monoisotopic (exact) mass is 195 g/mol. The minimum absolute atomic E-state index is 0.214. The van der Waals surface area contributed by atoms with Crippen molar-refractivity contribution in [2.45, 2.75) is 26.0 Å². The Labute approximate surface area is 84.2 Å². The third-order valence-electron chi connectivity index (χ3n) is 2.36. The molecule has 1 rings (SSSR count). The van der Waals surface area contributed by atoms with Crippen LogP contribution in [0.15, 0.2) is 18.2 Å². The van der Waals surface area contributed by atoms with E-state index in [4.69, 9.17) is 10.8 Å². The fourth-order valence-corrected chi connectivity index (χ4v) is 1.49. The van der Waals surface area contributed by atoms with Gasteiger partial charge in [0.1, 0.15) is 0 Å². The smallest absolute Gasteiger partial charge is 0.0965 e. The third kappa shape index (κ3) is 2.32. The Morgan fingerprint density at radius 2 is 2.00 bits per heavy atom. The molecule has 1 aromatic rings. The van der Waals surface area contributed by atoms with Gasteiger partial charge < -0.3 is 15.9 Å². The molecule has 14 heavy (non-hydrogen) atoms. The second-order valence-electron chi connectivity index (χ2n) is 3.65. The van der Waals surface area contributed by atoms with E-state index in [-0.39, 0.29) is 6.61 Å². The van der Waals surface area contributed by atoms with Crippen LogP contribution >= 0.6 is 0 Å². The van der Waals surface area contributed by atoms with E-state index in [0.717, 1.165) is 16.7 Å². The minimum Gasteiger partial charge on any atom is -0.395 e. The van der Waals surface area contributed by atoms with E-state index >= 15 is 0 Å². The van der Waals surface area contributed by atoms with Gasteiger partial charge in [-0.2, -0.15) is 0 Å². The highest BCUT2D eigenvalue weighted by Gasteiger charge is 2.17. The van der Waals surface area contributed by atoms with Crippen molar-refractivity contribution >= 4 is 0 Å². The highest BCUT2D eigenvalue weighted by atomic mass is 16.3. The first-order chi connectivity index (χ1) is 6.56. The lowest BCUT2D eigenvalue weighted by Crippen LogP contribution is -2.32. The molecule has 3 nitrogen and oxygen atoms in total. The minimum atomic E-state index is -0.791. The zero-order chi connectivity index (χ0) is 10.7. The lowest BCUT2D eigenvalue weighted by Gasteiger charge is -2.19. The van der Waals surface area contributed by atoms with Gasteiger partial charge in [0.25, 0.3) is 0 Å². The van der Waals surface area contributed by atoms with Crippen molar-refractivity contribution in [3.05, 3.63) is 34.9 Å². The molecule has 0 aliphatic heterocycles. The number of benzene rings is 1. The van der Waals surface area contributed by atoms with E-state index in [9.17, 15) is 5.11 Å². The second kappa shape index (κ2) is 4.55. The Balaban J connectivity index is 2.95. The maximum atomic E-state index is 9.78. The summed E-state index contributed by atoms with van der Waals surface area (Å²) in [6.07, 6.45) is -0.791. The molecule has 0 aliphatic carbocycles. The molecule has 2 unspecified atom stereocenters. The van der Waals surface area contributed by atoms with E-state index in [2.05, 4.69) is 0 Å². The number of aryl methyl sites for hydroxylation is 2. The summed E-state index contributed by atoms with van der Waals surface area (Å²) in [7, 11) is 0. The molecule has 0 heterocycles. The second-order valence-corrected chi connectivity index (χ2v) is 3.65. The first-order valence-electron chi connectivity index (χ1n) is 4.68. The Morgan fingerprint density at radius 1 is 1.36 bits per heavy atom. The van der Waals surface area contributed by atoms with Crippen molar-refractivity contribution in [1.82, 2.24) is 0 Å². The van der Waals surface area contributed by atoms with Gasteiger partial charge >= 0.3 is 0 Å². The van der Waals surface area contributed by atoms with Gasteiger partial charge in [0.05, 0.1) is 18.8 Å². The van der Waals surface area contributed by atoms with Gasteiger partial charge in [-0.05, 0) is 25.0 Å². The number of hydrogen-bond acceptors (Lipinski definition) is 3. The highest BCUT2D eigenvalue weighted by molar-refractivity contribution is 5.32. The van der Waals surface area contributed by atoms with E-state index in [1.54, 1.807) is 0 Å². The van der Waals surface area contributed by atoms with Crippen LogP contribution in [0.1, 0.15) is 22.8 Å². The molecular formula is C11H17NO2. The van der Waals surface area contributed by atoms with Crippen molar-refractivity contribution in [1.29, 1.82) is 0 Å². The maximum Gasteiger partial charge on any atom is 0.0965 e. The molecule has 0 bridgehead atoms. The molecule has 0 radical (unpaired) electrons. The fraction of sp³-hybridized carbons (Fsp3) is 0.455. The molecule has 0 amide bonds. The molecule has 0 aliphatic rings. The zero-order valence-electron chi connectivity index (χ0n) is 8.57. The number of aliphatic hydroxyl groups excluding tert-OH is 2. The van der Waals surface area contributed by atoms with Crippen LogP contribution < -0.4 is 5.73 Å². The molecule has 78 valence electrons. The Kier molecular flexibility index (Phi) is 3.63. The molecule has 0 spiro atoms. The van der Waals surface area contributed by atoms with Crippen molar-refractivity contribution < 1.29 is 10.2 Å². The summed E-state index contributed by atoms with van der Waals surface area (Å²) in [5.74, 6) is 0. The highest BCUT2D eigenvalue weighted by Crippen LogP contribution is 2.20. The molecule has 0 saturated heterocycles. The third-order valence-corrected chi connectivity index (χ3v) is 2.36. The summed E-state index contributed by atoms with van der Waals surface area (Å²) < 4.78 is 0. The van der Waals surface area contributed by atoms with Crippen LogP contribution in [-0.2, 0) is 0 Å². The number of hydrogen-bond donors (Lipinski definition) is 3. The average molecular weight is 195 g/mol. The molecule has 4 N–H and O–H groups in total. The van der Waals surface area contributed by atoms with E-state index in [1.165, 1.54) is 0 Å². The predicted molar refractivity (Wildman–Crippen MR) is 55.9 cm³/mol. The summed E-state index contributed by atoms with van der Waals surface area (Å²) in [6.45, 7) is 3.71. The largest absolute Gasteiger partial charge is 0.395 e. The first-order valence-corrected chi connectivity index (χ1v) is 4.68. The molecule has 1 aromatic carbocycles. The van der Waals surface area contributed by atoms with Crippen LogP contribution in [0.5, 0.6) is 0 Å². The molecule has 2 atom stereocenters. The lowest BCUT2D eigenvalue weighted by atomic mass is 9.97. The van der Waals surface area contributed by atoms with Crippen LogP contribution in [0.3, 0.4) is 0 Å². The normalized spacial score (nSPS) is 15.2. The first kappa shape index (κ1) is 11.2. The Morgan fingerprint density at radius 3 is 2.50 bits per heavy atom. The van der Waals surface area contributed by atoms with Gasteiger partial charge in [-0.15, -0.1) is 0 Å². The average Bonchev–Trinajstić information content (AvgIpc) is 2.15. The molecule has 0 aromatic heterocycles. The summed E-state index contributed by atoms with van der Waals surface area (Å²) >= 11 is 0. The summed E-state index contributed by atoms with van der Waals surface area (Å²) in [5.41, 5.74) is 8.49. The fourth-order valence-electron chi connectivity index (χ4n) is 1.49. The summed E-state index contributed by atoms with van der Waals surface area (Å²) in [4.78, 5) is 0. The van der Waals surface area contributed by atoms with Gasteiger partial charge in [0.2, 0.25) is 0 Å². The number of rotatable bonds is 3. The van der Waals surface area contributed by atoms with Crippen LogP contribution in [0.4, 0.5) is 0 Å². The van der Waals surface area contributed by atoms with Crippen LogP contribution in [0, 0.1) is 13.8 Å². The standard InChI is InChI=1S/C11H17NO2/c1-7-3-4-9(8(2)5-7)11(14)10(12)6-13/h3-5,10-11,13-14H,6,12H2,1-2H3. The van der Waals surface area contributed by atoms with Gasteiger partial charge in [-0.25, -0.2) is 0 Å². The predicted octanol–water partition coefficient (Wildman–Crippen LogP) is 0.656. The number of aliphatic hydroxyl groups is 2. The van der Waals surface area contributed by atoms with Crippen LogP contribution in [-0.4, -0.2) is 22.9 Å². The van der Waals surface area contributed by atoms with Crippen molar-refractivity contribution in [3.63, 3.8) is 0 Å². The lowest BCUT2D eigenvalue weighted by molar-refractivity contribution is 0.109. The zero-order valence-corrected chi connectivity index (χ0v) is 8.57. The van der Waals surface area contributed by atoms with E-state index in [1.807, 2.05) is 32.0 Å². The van der Waals surface area contributed by atoms with Gasteiger partial charge in [0.15, 0.2) is 0 Å². The van der Waals surface area contributed by atoms with Gasteiger partial charge in [-0.1, -0.05) is 23.8 Å². The van der Waals surface area contributed by atoms with Gasteiger partial charge in [0, 0.05) is 0 Å². The quantitative estimate of drug-likeness (QED) is 0.663. The topological polar surface area (TPSA) is 66.5 Å².